The van der Waals surface area contributed by atoms with Crippen LogP contribution in [0, 0.1) is 0 Å². The molecular weight excluding hydrogens is 226 g/mol. The highest BCUT2D eigenvalue weighted by Gasteiger charge is 2.09. The fourth-order valence-electron chi connectivity index (χ4n) is 1.82. The van der Waals surface area contributed by atoms with Gasteiger partial charge in [-0.1, -0.05) is 30.3 Å². The molecule has 1 unspecified atom stereocenters. The monoisotopic (exact) mass is 243 g/mol. The maximum Gasteiger partial charge on any atom is 0.137 e. The first-order valence-corrected chi connectivity index (χ1v) is 6.09. The van der Waals surface area contributed by atoms with Gasteiger partial charge in [0.15, 0.2) is 0 Å². The Bertz CT molecular complexity index is 485. The number of pyridine rings is 1. The van der Waals surface area contributed by atoms with Gasteiger partial charge in [-0.25, -0.2) is 0 Å². The van der Waals surface area contributed by atoms with Gasteiger partial charge in [-0.15, -0.1) is 0 Å². The maximum absolute atomic E-state index is 10.2. The first-order chi connectivity index (χ1) is 8.79. The fraction of sp³-hybridized carbons (Fsp3) is 0.267. The number of nitrogens with zero attached hydrogens (tertiary/aromatic N) is 1. The number of ether oxygens (including phenoxy) is 1. The van der Waals surface area contributed by atoms with Gasteiger partial charge in [0.2, 0.25) is 0 Å². The summed E-state index contributed by atoms with van der Waals surface area (Å²) in [6.07, 6.45) is 3.36. The minimum Gasteiger partial charge on any atom is -0.492 e. The second-order valence-electron chi connectivity index (χ2n) is 4.09. The second kappa shape index (κ2) is 6.17. The average molecular weight is 243 g/mol. The molecule has 1 aromatic carbocycles. The van der Waals surface area contributed by atoms with E-state index in [9.17, 15) is 5.11 Å². The van der Waals surface area contributed by atoms with Crippen molar-refractivity contribution in [1.29, 1.82) is 0 Å². The number of aliphatic hydroxyl groups is 1. The third-order valence-electron chi connectivity index (χ3n) is 2.70. The summed E-state index contributed by atoms with van der Waals surface area (Å²) in [6, 6.07) is 11.7. The van der Waals surface area contributed by atoms with Crippen molar-refractivity contribution in [2.24, 2.45) is 0 Å². The van der Waals surface area contributed by atoms with Crippen LogP contribution in [0.25, 0.3) is 0 Å². The summed E-state index contributed by atoms with van der Waals surface area (Å²) in [6.45, 7) is 2.52. The molecule has 1 N–H and O–H groups in total. The molecule has 0 spiro atoms. The van der Waals surface area contributed by atoms with Crippen molar-refractivity contribution in [3.05, 3.63) is 59.9 Å². The Labute approximate surface area is 107 Å². The van der Waals surface area contributed by atoms with Crippen LogP contribution in [-0.4, -0.2) is 16.7 Å². The van der Waals surface area contributed by atoms with Gasteiger partial charge in [0.25, 0.3) is 0 Å². The summed E-state index contributed by atoms with van der Waals surface area (Å²) >= 11 is 0. The minimum atomic E-state index is -0.555. The molecule has 18 heavy (non-hydrogen) atoms. The summed E-state index contributed by atoms with van der Waals surface area (Å²) in [7, 11) is 0. The number of aromatic nitrogens is 1. The lowest BCUT2D eigenvalue weighted by molar-refractivity contribution is 0.177. The van der Waals surface area contributed by atoms with Gasteiger partial charge in [-0.3, -0.25) is 4.98 Å². The van der Waals surface area contributed by atoms with Gasteiger partial charge < -0.3 is 9.84 Å². The van der Waals surface area contributed by atoms with Crippen molar-refractivity contribution in [3.63, 3.8) is 0 Å². The molecule has 0 aliphatic carbocycles. The molecule has 0 saturated carbocycles. The van der Waals surface area contributed by atoms with E-state index in [-0.39, 0.29) is 0 Å². The average Bonchev–Trinajstić information content (AvgIpc) is 2.40. The minimum absolute atomic E-state index is 0.555. The van der Waals surface area contributed by atoms with E-state index < -0.39 is 6.10 Å². The second-order valence-corrected chi connectivity index (χ2v) is 4.09. The van der Waals surface area contributed by atoms with Crippen molar-refractivity contribution >= 4 is 0 Å². The zero-order valence-electron chi connectivity index (χ0n) is 10.4. The van der Waals surface area contributed by atoms with Crippen LogP contribution in [-0.2, 0) is 6.42 Å². The predicted molar refractivity (Wildman–Crippen MR) is 70.5 cm³/mol. The molecule has 1 atom stereocenters. The van der Waals surface area contributed by atoms with Crippen LogP contribution in [0.3, 0.4) is 0 Å². The Morgan fingerprint density at radius 3 is 2.72 bits per heavy atom. The Morgan fingerprint density at radius 1 is 1.22 bits per heavy atom. The lowest BCUT2D eigenvalue weighted by atomic mass is 10.0. The number of rotatable bonds is 5. The lowest BCUT2D eigenvalue weighted by Gasteiger charge is -2.12. The first kappa shape index (κ1) is 12.6. The highest BCUT2D eigenvalue weighted by Crippen LogP contribution is 2.21. The summed E-state index contributed by atoms with van der Waals surface area (Å²) in [5.74, 6) is 0.696. The van der Waals surface area contributed by atoms with Gasteiger partial charge in [0, 0.05) is 18.2 Å². The fourth-order valence-corrected chi connectivity index (χ4v) is 1.82. The smallest absolute Gasteiger partial charge is 0.137 e. The summed E-state index contributed by atoms with van der Waals surface area (Å²) in [5, 5.41) is 10.2. The summed E-state index contributed by atoms with van der Waals surface area (Å²) < 4.78 is 5.37. The van der Waals surface area contributed by atoms with E-state index in [2.05, 4.69) is 4.98 Å². The van der Waals surface area contributed by atoms with Gasteiger partial charge in [0.05, 0.1) is 18.9 Å². The summed E-state index contributed by atoms with van der Waals surface area (Å²) in [5.41, 5.74) is 1.89. The van der Waals surface area contributed by atoms with Crippen LogP contribution in [0.4, 0.5) is 0 Å². The van der Waals surface area contributed by atoms with Crippen LogP contribution in [0.2, 0.25) is 0 Å². The third-order valence-corrected chi connectivity index (χ3v) is 2.70. The Kier molecular flexibility index (Phi) is 4.31. The van der Waals surface area contributed by atoms with E-state index in [0.29, 0.717) is 18.8 Å². The molecule has 2 aromatic rings. The van der Waals surface area contributed by atoms with Gasteiger partial charge in [0.1, 0.15) is 5.75 Å². The molecule has 0 amide bonds. The van der Waals surface area contributed by atoms with Crippen molar-refractivity contribution in [2.45, 2.75) is 19.4 Å². The molecule has 2 rings (SSSR count). The topological polar surface area (TPSA) is 42.4 Å². The molecule has 0 bridgehead atoms. The highest BCUT2D eigenvalue weighted by molar-refractivity contribution is 5.27. The quantitative estimate of drug-likeness (QED) is 0.878. The first-order valence-electron chi connectivity index (χ1n) is 6.09. The molecule has 3 nitrogen and oxygen atoms in total. The van der Waals surface area contributed by atoms with E-state index in [4.69, 9.17) is 4.74 Å². The Balaban J connectivity index is 2.08. The van der Waals surface area contributed by atoms with Gasteiger partial charge in [-0.2, -0.15) is 0 Å². The predicted octanol–water partition coefficient (Wildman–Crippen LogP) is 2.76. The Hall–Kier alpha value is -1.87. The van der Waals surface area contributed by atoms with Crippen molar-refractivity contribution < 1.29 is 9.84 Å². The van der Waals surface area contributed by atoms with E-state index >= 15 is 0 Å². The zero-order chi connectivity index (χ0) is 12.8. The number of aliphatic hydroxyl groups excluding tert-OH is 1. The normalized spacial score (nSPS) is 12.1. The van der Waals surface area contributed by atoms with Crippen molar-refractivity contribution in [2.75, 3.05) is 6.61 Å². The van der Waals surface area contributed by atoms with Gasteiger partial charge in [-0.05, 0) is 18.6 Å². The number of hydrogen-bond acceptors (Lipinski definition) is 3. The lowest BCUT2D eigenvalue weighted by Crippen LogP contribution is -2.03. The van der Waals surface area contributed by atoms with Crippen LogP contribution < -0.4 is 4.74 Å². The van der Waals surface area contributed by atoms with E-state index in [0.717, 1.165) is 11.1 Å². The maximum atomic E-state index is 10.2. The molecular formula is C15H17NO2. The zero-order valence-corrected chi connectivity index (χ0v) is 10.4. The van der Waals surface area contributed by atoms with E-state index in [1.165, 1.54) is 0 Å². The van der Waals surface area contributed by atoms with Crippen LogP contribution >= 0.6 is 0 Å². The molecule has 94 valence electrons. The largest absolute Gasteiger partial charge is 0.492 e. The number of benzene rings is 1. The van der Waals surface area contributed by atoms with Crippen LogP contribution in [0.15, 0.2) is 48.8 Å². The van der Waals surface area contributed by atoms with Crippen molar-refractivity contribution in [1.82, 2.24) is 4.98 Å². The highest BCUT2D eigenvalue weighted by atomic mass is 16.5. The SMILES string of the molecule is CCOc1cncc(C(O)Cc2ccccc2)c1. The van der Waals surface area contributed by atoms with Gasteiger partial charge >= 0.3 is 0 Å². The molecule has 1 aromatic heterocycles. The summed E-state index contributed by atoms with van der Waals surface area (Å²) in [4.78, 5) is 4.08. The van der Waals surface area contributed by atoms with Crippen molar-refractivity contribution in [3.8, 4) is 5.75 Å². The molecule has 3 heteroatoms. The standard InChI is InChI=1S/C15H17NO2/c1-2-18-14-9-13(10-16-11-14)15(17)8-12-6-4-3-5-7-12/h3-7,9-11,15,17H,2,8H2,1H3. The van der Waals surface area contributed by atoms with Crippen LogP contribution in [0.5, 0.6) is 5.75 Å². The Morgan fingerprint density at radius 2 is 2.00 bits per heavy atom. The third kappa shape index (κ3) is 3.31. The molecule has 0 fully saturated rings. The van der Waals surface area contributed by atoms with E-state index in [1.54, 1.807) is 12.4 Å². The molecule has 0 aliphatic rings. The molecule has 0 saturated heterocycles. The molecule has 0 radical (unpaired) electrons. The van der Waals surface area contributed by atoms with E-state index in [1.807, 2.05) is 43.3 Å². The molecule has 0 aliphatic heterocycles. The van der Waals surface area contributed by atoms with Crippen LogP contribution in [0.1, 0.15) is 24.2 Å². The number of hydrogen-bond donors (Lipinski definition) is 1. The molecule has 1 heterocycles.